The first-order valence-corrected chi connectivity index (χ1v) is 8.56. The molecule has 0 bridgehead atoms. The van der Waals surface area contributed by atoms with E-state index in [9.17, 15) is 0 Å². The minimum absolute atomic E-state index is 1.27. The van der Waals surface area contributed by atoms with Gasteiger partial charge in [0, 0.05) is 0 Å². The molecule has 0 aliphatic rings. The number of nitrogens with zero attached hydrogens (tertiary/aromatic N) is 2. The normalized spacial score (nSPS) is 12.4. The van der Waals surface area contributed by atoms with Crippen molar-refractivity contribution in [3.8, 4) is 0 Å². The number of rotatable bonds is 6. The van der Waals surface area contributed by atoms with Crippen LogP contribution in [0, 0.1) is 0 Å². The van der Waals surface area contributed by atoms with Gasteiger partial charge in [-0.25, -0.2) is 0 Å². The van der Waals surface area contributed by atoms with Crippen molar-refractivity contribution in [2.75, 3.05) is 28.2 Å². The molecule has 2 nitrogen and oxygen atoms in total. The molecule has 0 aliphatic carbocycles. The number of benzene rings is 1. The van der Waals surface area contributed by atoms with E-state index in [-0.39, 0.29) is 0 Å². The van der Waals surface area contributed by atoms with E-state index in [1.165, 1.54) is 24.1 Å². The number of hydrogen-bond acceptors (Lipinski definition) is 2. The van der Waals surface area contributed by atoms with Gasteiger partial charge in [0.15, 0.2) is 0 Å². The van der Waals surface area contributed by atoms with E-state index in [0.29, 0.717) is 0 Å². The van der Waals surface area contributed by atoms with Crippen molar-refractivity contribution < 1.29 is 0 Å². The topological polar surface area (TPSA) is 6.48 Å². The lowest BCUT2D eigenvalue weighted by atomic mass is 10.4. The third kappa shape index (κ3) is 2.97. The largest absolute Gasteiger partial charge is 0.314 e. The van der Waals surface area contributed by atoms with Crippen LogP contribution < -0.4 is 5.19 Å². The van der Waals surface area contributed by atoms with Crippen LogP contribution in [0.1, 0.15) is 19.8 Å². The predicted octanol–water partition coefficient (Wildman–Crippen LogP) is 2.26. The smallest absolute Gasteiger partial charge is 0.238 e. The monoisotopic (exact) mass is 250 g/mol. The average Bonchev–Trinajstić information content (AvgIpc) is 2.30. The van der Waals surface area contributed by atoms with Crippen LogP contribution in [-0.2, 0) is 0 Å². The molecular weight excluding hydrogens is 224 g/mol. The van der Waals surface area contributed by atoms with Gasteiger partial charge in [-0.15, -0.1) is 0 Å². The maximum atomic E-state index is 2.47. The molecule has 17 heavy (non-hydrogen) atoms. The molecule has 0 saturated heterocycles. The standard InChI is InChI=1S/C14H26N2Si/c1-6-7-13-17(15(2)3,16(4)5)14-11-9-8-10-12-14/h8-12H,6-7,13H2,1-5H3. The number of unbranched alkanes of at least 4 members (excludes halogenated alkanes) is 1. The van der Waals surface area contributed by atoms with Gasteiger partial charge >= 0.3 is 0 Å². The minimum atomic E-state index is -1.68. The van der Waals surface area contributed by atoms with E-state index in [2.05, 4.69) is 74.6 Å². The molecular formula is C14H26N2Si. The summed E-state index contributed by atoms with van der Waals surface area (Å²) in [5, 5.41) is 1.52. The molecule has 0 N–H and O–H groups in total. The molecule has 96 valence electrons. The van der Waals surface area contributed by atoms with Crippen LogP contribution in [0.4, 0.5) is 0 Å². The SMILES string of the molecule is CCCC[Si](c1ccccc1)(N(C)C)N(C)C. The summed E-state index contributed by atoms with van der Waals surface area (Å²) in [6.45, 7) is 2.27. The maximum absolute atomic E-state index is 2.47. The second kappa shape index (κ2) is 6.33. The van der Waals surface area contributed by atoms with Gasteiger partial charge in [0.2, 0.25) is 8.40 Å². The van der Waals surface area contributed by atoms with Crippen molar-refractivity contribution in [3.05, 3.63) is 30.3 Å². The molecule has 0 saturated carbocycles. The van der Waals surface area contributed by atoms with Crippen molar-refractivity contribution in [1.82, 2.24) is 9.13 Å². The lowest BCUT2D eigenvalue weighted by Gasteiger charge is -2.43. The number of hydrogen-bond donors (Lipinski definition) is 0. The van der Waals surface area contributed by atoms with Crippen LogP contribution in [0.3, 0.4) is 0 Å². The van der Waals surface area contributed by atoms with E-state index >= 15 is 0 Å². The predicted molar refractivity (Wildman–Crippen MR) is 78.9 cm³/mol. The lowest BCUT2D eigenvalue weighted by Crippen LogP contribution is -2.68. The van der Waals surface area contributed by atoms with Gasteiger partial charge in [-0.2, -0.15) is 0 Å². The summed E-state index contributed by atoms with van der Waals surface area (Å²) < 4.78 is 4.94. The second-order valence-electron chi connectivity index (χ2n) is 5.08. The zero-order valence-corrected chi connectivity index (χ0v) is 12.9. The first-order valence-electron chi connectivity index (χ1n) is 6.46. The van der Waals surface area contributed by atoms with Gasteiger partial charge in [0.25, 0.3) is 0 Å². The molecule has 1 rings (SSSR count). The second-order valence-corrected chi connectivity index (χ2v) is 9.57. The molecule has 1 aromatic rings. The Hall–Kier alpha value is -0.643. The van der Waals surface area contributed by atoms with Gasteiger partial charge in [-0.3, -0.25) is 0 Å². The molecule has 0 aromatic heterocycles. The van der Waals surface area contributed by atoms with Crippen molar-refractivity contribution in [3.63, 3.8) is 0 Å². The van der Waals surface area contributed by atoms with E-state index < -0.39 is 8.40 Å². The van der Waals surface area contributed by atoms with E-state index in [1.54, 1.807) is 0 Å². The summed E-state index contributed by atoms with van der Waals surface area (Å²) in [6.07, 6.45) is 2.57. The zero-order valence-electron chi connectivity index (χ0n) is 11.9. The Labute approximate surface area is 107 Å². The Morgan fingerprint density at radius 1 is 0.941 bits per heavy atom. The molecule has 0 atom stereocenters. The van der Waals surface area contributed by atoms with Crippen LogP contribution >= 0.6 is 0 Å². The highest BCUT2D eigenvalue weighted by Crippen LogP contribution is 2.19. The quantitative estimate of drug-likeness (QED) is 0.715. The fourth-order valence-electron chi connectivity index (χ4n) is 2.64. The molecule has 0 spiro atoms. The summed E-state index contributed by atoms with van der Waals surface area (Å²) in [4.78, 5) is 0. The summed E-state index contributed by atoms with van der Waals surface area (Å²) in [5.74, 6) is 0. The third-order valence-corrected chi connectivity index (χ3v) is 8.86. The van der Waals surface area contributed by atoms with E-state index in [4.69, 9.17) is 0 Å². The zero-order chi connectivity index (χ0) is 12.9. The Morgan fingerprint density at radius 3 is 1.88 bits per heavy atom. The minimum Gasteiger partial charge on any atom is -0.314 e. The van der Waals surface area contributed by atoms with Crippen LogP contribution in [0.5, 0.6) is 0 Å². The van der Waals surface area contributed by atoms with Crippen molar-refractivity contribution in [2.24, 2.45) is 0 Å². The van der Waals surface area contributed by atoms with E-state index in [0.717, 1.165) is 0 Å². The van der Waals surface area contributed by atoms with Gasteiger partial charge in [-0.05, 0) is 39.4 Å². The molecule has 0 aliphatic heterocycles. The molecule has 1 aromatic carbocycles. The Morgan fingerprint density at radius 2 is 1.47 bits per heavy atom. The van der Waals surface area contributed by atoms with E-state index in [1.807, 2.05) is 0 Å². The maximum Gasteiger partial charge on any atom is 0.238 e. The molecule has 0 unspecified atom stereocenters. The van der Waals surface area contributed by atoms with Gasteiger partial charge < -0.3 is 9.13 Å². The Kier molecular flexibility index (Phi) is 5.37. The molecule has 0 amide bonds. The molecule has 0 heterocycles. The average molecular weight is 250 g/mol. The molecule has 0 radical (unpaired) electrons. The lowest BCUT2D eigenvalue weighted by molar-refractivity contribution is 0.488. The summed E-state index contributed by atoms with van der Waals surface area (Å²) in [5.41, 5.74) is 0. The van der Waals surface area contributed by atoms with Crippen molar-refractivity contribution in [2.45, 2.75) is 25.8 Å². The van der Waals surface area contributed by atoms with Gasteiger partial charge in [-0.1, -0.05) is 50.1 Å². The van der Waals surface area contributed by atoms with Crippen molar-refractivity contribution >= 4 is 13.6 Å². The Bertz CT molecular complexity index is 314. The van der Waals surface area contributed by atoms with Gasteiger partial charge in [0.1, 0.15) is 0 Å². The highest BCUT2D eigenvalue weighted by atomic mass is 28.3. The van der Waals surface area contributed by atoms with Crippen LogP contribution in [0.25, 0.3) is 0 Å². The third-order valence-electron chi connectivity index (χ3n) is 3.59. The van der Waals surface area contributed by atoms with Crippen LogP contribution in [0.2, 0.25) is 6.04 Å². The van der Waals surface area contributed by atoms with Crippen molar-refractivity contribution in [1.29, 1.82) is 0 Å². The van der Waals surface area contributed by atoms with Crippen LogP contribution in [-0.4, -0.2) is 45.7 Å². The van der Waals surface area contributed by atoms with Crippen LogP contribution in [0.15, 0.2) is 30.3 Å². The molecule has 3 heteroatoms. The fraction of sp³-hybridized carbons (Fsp3) is 0.571. The highest BCUT2D eigenvalue weighted by molar-refractivity contribution is 6.87. The fourth-order valence-corrected chi connectivity index (χ4v) is 7.23. The summed E-state index contributed by atoms with van der Waals surface area (Å²) in [7, 11) is 7.24. The van der Waals surface area contributed by atoms with Gasteiger partial charge in [0.05, 0.1) is 0 Å². The first kappa shape index (κ1) is 14.4. The Balaban J connectivity index is 3.15. The summed E-state index contributed by atoms with van der Waals surface area (Å²) in [6, 6.07) is 12.3. The summed E-state index contributed by atoms with van der Waals surface area (Å²) >= 11 is 0. The first-order chi connectivity index (χ1) is 8.05. The molecule has 0 fully saturated rings. The highest BCUT2D eigenvalue weighted by Gasteiger charge is 2.40.